The Morgan fingerprint density at radius 2 is 1.90 bits per heavy atom. The number of aromatic amines is 1. The molecule has 0 amide bonds. The lowest BCUT2D eigenvalue weighted by Gasteiger charge is -2.11. The molecular weight excluding hydrogens is 265 g/mol. The minimum absolute atomic E-state index is 0.0653. The molecule has 1 heterocycles. The van der Waals surface area contributed by atoms with Crippen molar-refractivity contribution in [3.8, 4) is 17.0 Å². The molecule has 0 saturated heterocycles. The number of aryl methyl sites for hydroxylation is 1. The minimum atomic E-state index is -1.32. The van der Waals surface area contributed by atoms with Gasteiger partial charge in [-0.3, -0.25) is 4.79 Å². The van der Waals surface area contributed by atoms with Crippen LogP contribution in [0.2, 0.25) is 0 Å². The lowest BCUT2D eigenvalue weighted by atomic mass is 10.0. The highest BCUT2D eigenvalue weighted by Gasteiger charge is 2.21. The molecule has 0 radical (unpaired) electrons. The molecule has 0 atom stereocenters. The predicted molar refractivity (Wildman–Crippen MR) is 70.7 cm³/mol. The van der Waals surface area contributed by atoms with E-state index in [0.717, 1.165) is 0 Å². The van der Waals surface area contributed by atoms with Crippen molar-refractivity contribution in [3.63, 3.8) is 0 Å². The standard InChI is InChI=1S/C14H12FNO4/c1-7-10(14(18)19)12(17)11(13(16-7)20-2)8-3-5-9(15)6-4-8/h3-6H,1-2H3,(H,16,17)(H,18,19). The van der Waals surface area contributed by atoms with Gasteiger partial charge in [0, 0.05) is 5.69 Å². The number of nitrogens with one attached hydrogen (secondary N) is 1. The van der Waals surface area contributed by atoms with Crippen LogP contribution in [0.25, 0.3) is 11.1 Å². The van der Waals surface area contributed by atoms with E-state index < -0.39 is 17.2 Å². The molecule has 0 aliphatic carbocycles. The molecule has 2 N–H and O–H groups in total. The zero-order valence-corrected chi connectivity index (χ0v) is 10.9. The van der Waals surface area contributed by atoms with E-state index in [9.17, 15) is 14.0 Å². The van der Waals surface area contributed by atoms with Gasteiger partial charge in [0.15, 0.2) is 0 Å². The van der Waals surface area contributed by atoms with E-state index >= 15 is 0 Å². The van der Waals surface area contributed by atoms with Crippen molar-refractivity contribution >= 4 is 5.97 Å². The number of benzene rings is 1. The molecule has 2 rings (SSSR count). The molecule has 2 aromatic rings. The number of aromatic nitrogens is 1. The molecule has 0 aliphatic heterocycles. The highest BCUT2D eigenvalue weighted by atomic mass is 19.1. The number of rotatable bonds is 3. The number of carboxylic acids is 1. The van der Waals surface area contributed by atoms with Gasteiger partial charge in [-0.05, 0) is 24.6 Å². The SMILES string of the molecule is COc1[nH]c(C)c(C(=O)O)c(=O)c1-c1ccc(F)cc1. The summed E-state index contributed by atoms with van der Waals surface area (Å²) in [5.41, 5.74) is -0.380. The number of hydrogen-bond acceptors (Lipinski definition) is 3. The second-order valence-electron chi connectivity index (χ2n) is 4.17. The summed E-state index contributed by atoms with van der Waals surface area (Å²) in [7, 11) is 1.36. The van der Waals surface area contributed by atoms with Crippen LogP contribution in [0.15, 0.2) is 29.1 Å². The molecule has 1 aromatic heterocycles. The molecule has 20 heavy (non-hydrogen) atoms. The number of H-pyrrole nitrogens is 1. The third-order valence-electron chi connectivity index (χ3n) is 2.91. The van der Waals surface area contributed by atoms with Crippen LogP contribution in [-0.2, 0) is 0 Å². The van der Waals surface area contributed by atoms with Gasteiger partial charge in [0.1, 0.15) is 11.4 Å². The van der Waals surface area contributed by atoms with Crippen molar-refractivity contribution in [2.45, 2.75) is 6.92 Å². The fraction of sp³-hybridized carbons (Fsp3) is 0.143. The first-order valence-corrected chi connectivity index (χ1v) is 5.75. The zero-order chi connectivity index (χ0) is 14.9. The fourth-order valence-electron chi connectivity index (χ4n) is 1.98. The molecule has 5 nitrogen and oxygen atoms in total. The quantitative estimate of drug-likeness (QED) is 0.901. The number of pyridine rings is 1. The van der Waals surface area contributed by atoms with Crippen LogP contribution >= 0.6 is 0 Å². The van der Waals surface area contributed by atoms with Crippen LogP contribution < -0.4 is 10.2 Å². The van der Waals surface area contributed by atoms with Crippen LogP contribution in [0.4, 0.5) is 4.39 Å². The Labute approximate surface area is 113 Å². The summed E-state index contributed by atoms with van der Waals surface area (Å²) >= 11 is 0. The van der Waals surface area contributed by atoms with Gasteiger partial charge in [-0.1, -0.05) is 12.1 Å². The number of carboxylic acid groups (broad SMARTS) is 1. The van der Waals surface area contributed by atoms with Gasteiger partial charge in [-0.25, -0.2) is 9.18 Å². The van der Waals surface area contributed by atoms with E-state index in [1.165, 1.54) is 38.3 Å². The lowest BCUT2D eigenvalue weighted by molar-refractivity contribution is 0.0694. The molecular formula is C14H12FNO4. The van der Waals surface area contributed by atoms with Gasteiger partial charge in [-0.15, -0.1) is 0 Å². The average molecular weight is 277 g/mol. The topological polar surface area (TPSA) is 79.4 Å². The van der Waals surface area contributed by atoms with Crippen molar-refractivity contribution in [1.29, 1.82) is 0 Å². The molecule has 1 aromatic carbocycles. The monoisotopic (exact) mass is 277 g/mol. The summed E-state index contributed by atoms with van der Waals surface area (Å²) in [6.45, 7) is 1.47. The molecule has 0 unspecified atom stereocenters. The minimum Gasteiger partial charge on any atom is -0.482 e. The van der Waals surface area contributed by atoms with Gasteiger partial charge in [0.25, 0.3) is 0 Å². The van der Waals surface area contributed by atoms with E-state index in [0.29, 0.717) is 5.56 Å². The van der Waals surface area contributed by atoms with Gasteiger partial charge in [0.05, 0.1) is 12.7 Å². The first-order valence-electron chi connectivity index (χ1n) is 5.75. The summed E-state index contributed by atoms with van der Waals surface area (Å²) in [4.78, 5) is 26.2. The maximum absolute atomic E-state index is 12.9. The summed E-state index contributed by atoms with van der Waals surface area (Å²) in [6.07, 6.45) is 0. The van der Waals surface area contributed by atoms with Crippen molar-refractivity contribution in [1.82, 2.24) is 4.98 Å². The normalized spacial score (nSPS) is 10.3. The molecule has 0 spiro atoms. The van der Waals surface area contributed by atoms with Crippen LogP contribution in [0.5, 0.6) is 5.88 Å². The Balaban J connectivity index is 2.80. The highest BCUT2D eigenvalue weighted by molar-refractivity contribution is 5.91. The highest BCUT2D eigenvalue weighted by Crippen LogP contribution is 2.26. The van der Waals surface area contributed by atoms with Gasteiger partial charge in [0.2, 0.25) is 11.3 Å². The van der Waals surface area contributed by atoms with Crippen LogP contribution in [0.1, 0.15) is 16.1 Å². The van der Waals surface area contributed by atoms with Crippen molar-refractivity contribution < 1.29 is 19.0 Å². The number of halogens is 1. The van der Waals surface area contributed by atoms with Crippen LogP contribution in [0, 0.1) is 12.7 Å². The Morgan fingerprint density at radius 1 is 1.30 bits per heavy atom. The Hall–Kier alpha value is -2.63. The van der Waals surface area contributed by atoms with E-state index in [-0.39, 0.29) is 22.7 Å². The largest absolute Gasteiger partial charge is 0.482 e. The third kappa shape index (κ3) is 2.27. The summed E-state index contributed by atoms with van der Waals surface area (Å²) < 4.78 is 18.0. The fourth-order valence-corrected chi connectivity index (χ4v) is 1.98. The molecule has 104 valence electrons. The summed E-state index contributed by atoms with van der Waals surface area (Å²) in [6, 6.07) is 5.16. The molecule has 0 saturated carbocycles. The first-order chi connectivity index (χ1) is 9.45. The lowest BCUT2D eigenvalue weighted by Crippen LogP contribution is -2.20. The smallest absolute Gasteiger partial charge is 0.341 e. The number of ether oxygens (including phenoxy) is 1. The Kier molecular flexibility index (Phi) is 3.56. The van der Waals surface area contributed by atoms with E-state index in [4.69, 9.17) is 9.84 Å². The second-order valence-corrected chi connectivity index (χ2v) is 4.17. The number of aromatic carboxylic acids is 1. The van der Waals surface area contributed by atoms with E-state index in [1.807, 2.05) is 0 Å². The third-order valence-corrected chi connectivity index (χ3v) is 2.91. The second kappa shape index (κ2) is 5.16. The van der Waals surface area contributed by atoms with Crippen LogP contribution in [0.3, 0.4) is 0 Å². The average Bonchev–Trinajstić information content (AvgIpc) is 2.39. The molecule has 0 bridgehead atoms. The summed E-state index contributed by atoms with van der Waals surface area (Å²) in [5.74, 6) is -1.63. The van der Waals surface area contributed by atoms with Crippen molar-refractivity contribution in [2.75, 3.05) is 7.11 Å². The summed E-state index contributed by atoms with van der Waals surface area (Å²) in [5, 5.41) is 9.10. The predicted octanol–water partition coefficient (Wildman–Crippen LogP) is 2.20. The van der Waals surface area contributed by atoms with Crippen molar-refractivity contribution in [2.24, 2.45) is 0 Å². The first kappa shape index (κ1) is 13.8. The molecule has 0 fully saturated rings. The Bertz CT molecular complexity index is 719. The number of methoxy groups -OCH3 is 1. The number of carbonyl (C=O) groups is 1. The number of hydrogen-bond donors (Lipinski definition) is 2. The molecule has 0 aliphatic rings. The van der Waals surface area contributed by atoms with Gasteiger partial charge >= 0.3 is 5.97 Å². The van der Waals surface area contributed by atoms with Gasteiger partial charge in [-0.2, -0.15) is 0 Å². The van der Waals surface area contributed by atoms with E-state index in [1.54, 1.807) is 0 Å². The van der Waals surface area contributed by atoms with E-state index in [2.05, 4.69) is 4.98 Å². The van der Waals surface area contributed by atoms with Crippen molar-refractivity contribution in [3.05, 3.63) is 51.6 Å². The zero-order valence-electron chi connectivity index (χ0n) is 10.9. The Morgan fingerprint density at radius 3 is 2.40 bits per heavy atom. The maximum Gasteiger partial charge on any atom is 0.341 e. The van der Waals surface area contributed by atoms with Crippen LogP contribution in [-0.4, -0.2) is 23.2 Å². The maximum atomic E-state index is 12.9. The molecule has 6 heteroatoms. The van der Waals surface area contributed by atoms with Gasteiger partial charge < -0.3 is 14.8 Å².